The summed E-state index contributed by atoms with van der Waals surface area (Å²) in [5.41, 5.74) is 1.56. The lowest BCUT2D eigenvalue weighted by Crippen LogP contribution is -2.51. The zero-order chi connectivity index (χ0) is 18.0. The van der Waals surface area contributed by atoms with Gasteiger partial charge in [0.1, 0.15) is 0 Å². The molecular formula is C19H26N4O2. The average molecular weight is 342 g/mol. The summed E-state index contributed by atoms with van der Waals surface area (Å²) < 4.78 is 1.65. The van der Waals surface area contributed by atoms with Crippen molar-refractivity contribution in [2.45, 2.75) is 26.7 Å². The summed E-state index contributed by atoms with van der Waals surface area (Å²) >= 11 is 0. The van der Waals surface area contributed by atoms with Gasteiger partial charge in [-0.1, -0.05) is 32.4 Å². The second-order valence-corrected chi connectivity index (χ2v) is 6.79. The molecule has 1 fully saturated rings. The summed E-state index contributed by atoms with van der Waals surface area (Å²) in [5.74, 6) is 0.777. The van der Waals surface area contributed by atoms with Gasteiger partial charge in [0.15, 0.2) is 5.82 Å². The number of aromatic nitrogens is 2. The molecule has 1 aliphatic heterocycles. The maximum Gasteiger partial charge on any atom is 0.293 e. The van der Waals surface area contributed by atoms with Gasteiger partial charge in [0.05, 0.1) is 11.0 Å². The maximum absolute atomic E-state index is 12.7. The zero-order valence-corrected chi connectivity index (χ0v) is 15.2. The van der Waals surface area contributed by atoms with Crippen molar-refractivity contribution in [3.8, 4) is 0 Å². The largest absolute Gasteiger partial charge is 0.348 e. The summed E-state index contributed by atoms with van der Waals surface area (Å²) in [6.07, 6.45) is 1.94. The van der Waals surface area contributed by atoms with E-state index in [-0.39, 0.29) is 17.4 Å². The fourth-order valence-corrected chi connectivity index (χ4v) is 3.48. The molecule has 0 bridgehead atoms. The Bertz CT molecular complexity index is 822. The maximum atomic E-state index is 12.7. The second kappa shape index (κ2) is 7.25. The highest BCUT2D eigenvalue weighted by Gasteiger charge is 2.26. The van der Waals surface area contributed by atoms with Crippen LogP contribution in [0.15, 0.2) is 29.1 Å². The number of rotatable bonds is 4. The van der Waals surface area contributed by atoms with E-state index in [9.17, 15) is 9.59 Å². The molecule has 0 N–H and O–H groups in total. The number of amides is 1. The lowest BCUT2D eigenvalue weighted by atomic mass is 10.0. The molecule has 0 saturated carbocycles. The SMILES string of the molecule is CCC[C@@H](C)C(=O)N1CCN(c2nc3ccccc3n(C)c2=O)CC1. The molecule has 0 spiro atoms. The van der Waals surface area contributed by atoms with E-state index in [4.69, 9.17) is 0 Å². The molecule has 0 aliphatic carbocycles. The Labute approximate surface area is 148 Å². The molecule has 1 aromatic heterocycles. The van der Waals surface area contributed by atoms with Gasteiger partial charge in [-0.25, -0.2) is 4.98 Å². The van der Waals surface area contributed by atoms with E-state index in [0.717, 1.165) is 23.9 Å². The van der Waals surface area contributed by atoms with Gasteiger partial charge in [0.25, 0.3) is 5.56 Å². The molecule has 0 unspecified atom stereocenters. The molecule has 1 amide bonds. The van der Waals surface area contributed by atoms with Crippen molar-refractivity contribution in [3.63, 3.8) is 0 Å². The Morgan fingerprint density at radius 2 is 1.88 bits per heavy atom. The quantitative estimate of drug-likeness (QED) is 0.853. The molecule has 1 atom stereocenters. The van der Waals surface area contributed by atoms with Crippen molar-refractivity contribution in [1.82, 2.24) is 14.5 Å². The van der Waals surface area contributed by atoms with Crippen LogP contribution in [0.2, 0.25) is 0 Å². The lowest BCUT2D eigenvalue weighted by molar-refractivity contribution is -0.135. The van der Waals surface area contributed by atoms with Crippen LogP contribution in [0.4, 0.5) is 5.82 Å². The number of benzene rings is 1. The average Bonchev–Trinajstić information content (AvgIpc) is 2.64. The summed E-state index contributed by atoms with van der Waals surface area (Å²) in [6, 6.07) is 7.66. The Morgan fingerprint density at radius 3 is 2.56 bits per heavy atom. The normalized spacial score (nSPS) is 16.3. The van der Waals surface area contributed by atoms with Gasteiger partial charge in [-0.15, -0.1) is 0 Å². The molecule has 0 radical (unpaired) electrons. The first-order valence-corrected chi connectivity index (χ1v) is 9.02. The third-order valence-corrected chi connectivity index (χ3v) is 5.00. The molecule has 3 rings (SSSR count). The van der Waals surface area contributed by atoms with E-state index in [1.165, 1.54) is 0 Å². The highest BCUT2D eigenvalue weighted by Crippen LogP contribution is 2.17. The van der Waals surface area contributed by atoms with Crippen LogP contribution in [0.5, 0.6) is 0 Å². The first kappa shape index (κ1) is 17.5. The standard InChI is InChI=1S/C19H26N4O2/c1-4-7-14(2)18(24)23-12-10-22(11-13-23)17-19(25)21(3)16-9-6-5-8-15(16)20-17/h5-6,8-9,14H,4,7,10-13H2,1-3H3/t14-/m1/s1. The number of hydrogen-bond donors (Lipinski definition) is 0. The van der Waals surface area contributed by atoms with Crippen LogP contribution < -0.4 is 10.5 Å². The van der Waals surface area contributed by atoms with E-state index in [2.05, 4.69) is 11.9 Å². The number of carbonyl (C=O) groups excluding carboxylic acids is 1. The van der Waals surface area contributed by atoms with Crippen molar-refractivity contribution in [2.75, 3.05) is 31.1 Å². The van der Waals surface area contributed by atoms with Crippen LogP contribution in [-0.4, -0.2) is 46.5 Å². The molecule has 25 heavy (non-hydrogen) atoms. The fraction of sp³-hybridized carbons (Fsp3) is 0.526. The summed E-state index contributed by atoms with van der Waals surface area (Å²) in [7, 11) is 1.78. The highest BCUT2D eigenvalue weighted by atomic mass is 16.2. The topological polar surface area (TPSA) is 58.4 Å². The van der Waals surface area contributed by atoms with Crippen molar-refractivity contribution in [1.29, 1.82) is 0 Å². The number of anilines is 1. The molecule has 1 aromatic carbocycles. The van der Waals surface area contributed by atoms with Crippen molar-refractivity contribution < 1.29 is 4.79 Å². The minimum atomic E-state index is -0.0853. The van der Waals surface area contributed by atoms with E-state index in [1.54, 1.807) is 11.6 Å². The van der Waals surface area contributed by atoms with Gasteiger partial charge >= 0.3 is 0 Å². The lowest BCUT2D eigenvalue weighted by Gasteiger charge is -2.36. The number of aryl methyl sites for hydroxylation is 1. The minimum Gasteiger partial charge on any atom is -0.348 e. The van der Waals surface area contributed by atoms with Crippen LogP contribution in [0, 0.1) is 5.92 Å². The van der Waals surface area contributed by atoms with Gasteiger partial charge in [0, 0.05) is 39.1 Å². The highest BCUT2D eigenvalue weighted by molar-refractivity contribution is 5.79. The van der Waals surface area contributed by atoms with Crippen LogP contribution in [0.1, 0.15) is 26.7 Å². The Balaban J connectivity index is 1.77. The molecule has 6 heteroatoms. The van der Waals surface area contributed by atoms with Gasteiger partial charge in [-0.2, -0.15) is 0 Å². The third-order valence-electron chi connectivity index (χ3n) is 5.00. The number of para-hydroxylation sites is 2. The van der Waals surface area contributed by atoms with Gasteiger partial charge in [-0.3, -0.25) is 9.59 Å². The Hall–Kier alpha value is -2.37. The van der Waals surface area contributed by atoms with Gasteiger partial charge in [-0.05, 0) is 18.6 Å². The van der Waals surface area contributed by atoms with Crippen LogP contribution in [0.25, 0.3) is 11.0 Å². The summed E-state index contributed by atoms with van der Waals surface area (Å²) in [6.45, 7) is 6.67. The van der Waals surface area contributed by atoms with Crippen molar-refractivity contribution in [2.24, 2.45) is 13.0 Å². The first-order chi connectivity index (χ1) is 12.0. The van der Waals surface area contributed by atoms with Crippen LogP contribution >= 0.6 is 0 Å². The molecule has 1 saturated heterocycles. The molecule has 2 aromatic rings. The van der Waals surface area contributed by atoms with Crippen LogP contribution in [0.3, 0.4) is 0 Å². The second-order valence-electron chi connectivity index (χ2n) is 6.79. The van der Waals surface area contributed by atoms with E-state index in [0.29, 0.717) is 32.0 Å². The molecule has 134 valence electrons. The predicted octanol–water partition coefficient (Wildman–Crippen LogP) is 2.02. The Morgan fingerprint density at radius 1 is 1.20 bits per heavy atom. The first-order valence-electron chi connectivity index (χ1n) is 9.02. The number of piperazine rings is 1. The molecule has 6 nitrogen and oxygen atoms in total. The molecule has 1 aliphatic rings. The molecule has 2 heterocycles. The number of carbonyl (C=O) groups is 1. The van der Waals surface area contributed by atoms with Crippen LogP contribution in [-0.2, 0) is 11.8 Å². The van der Waals surface area contributed by atoms with E-state index >= 15 is 0 Å². The van der Waals surface area contributed by atoms with E-state index in [1.807, 2.05) is 41.0 Å². The fourth-order valence-electron chi connectivity index (χ4n) is 3.48. The summed E-state index contributed by atoms with van der Waals surface area (Å²) in [5, 5.41) is 0. The minimum absolute atomic E-state index is 0.0724. The predicted molar refractivity (Wildman–Crippen MR) is 99.8 cm³/mol. The zero-order valence-electron chi connectivity index (χ0n) is 15.2. The number of hydrogen-bond acceptors (Lipinski definition) is 4. The number of fused-ring (bicyclic) bond motifs is 1. The van der Waals surface area contributed by atoms with Crippen molar-refractivity contribution in [3.05, 3.63) is 34.6 Å². The van der Waals surface area contributed by atoms with E-state index < -0.39 is 0 Å². The van der Waals surface area contributed by atoms with Gasteiger partial charge < -0.3 is 14.4 Å². The molecular weight excluding hydrogens is 316 g/mol. The Kier molecular flexibility index (Phi) is 5.06. The van der Waals surface area contributed by atoms with Gasteiger partial charge in [0.2, 0.25) is 5.91 Å². The summed E-state index contributed by atoms with van der Waals surface area (Å²) in [4.78, 5) is 33.6. The monoisotopic (exact) mass is 342 g/mol. The third kappa shape index (κ3) is 3.38. The van der Waals surface area contributed by atoms with Crippen molar-refractivity contribution >= 4 is 22.8 Å². The smallest absolute Gasteiger partial charge is 0.293 e. The number of nitrogens with zero attached hydrogens (tertiary/aromatic N) is 4.